The van der Waals surface area contributed by atoms with E-state index in [4.69, 9.17) is 0 Å². The van der Waals surface area contributed by atoms with Crippen LogP contribution in [0.15, 0.2) is 4.79 Å². The van der Waals surface area contributed by atoms with Gasteiger partial charge in [-0.25, -0.2) is 8.42 Å². The standard InChI is InChI=1S/C10H17N3O3S/c1-2-3-6-17(15,16)13-5-4-8-9(7-13)11-12-10(8)14/h2-7H2,1H3,(H2,11,12,14). The van der Waals surface area contributed by atoms with Crippen LogP contribution in [0.1, 0.15) is 31.0 Å². The van der Waals surface area contributed by atoms with Crippen molar-refractivity contribution in [1.29, 1.82) is 0 Å². The number of hydrogen-bond donors (Lipinski definition) is 2. The molecule has 0 aliphatic carbocycles. The molecule has 96 valence electrons. The average molecular weight is 259 g/mol. The molecule has 0 bridgehead atoms. The maximum absolute atomic E-state index is 12.0. The molecule has 0 aromatic carbocycles. The van der Waals surface area contributed by atoms with Gasteiger partial charge in [-0.1, -0.05) is 13.3 Å². The molecule has 1 aromatic rings. The highest BCUT2D eigenvalue weighted by Gasteiger charge is 2.28. The molecule has 2 heterocycles. The lowest BCUT2D eigenvalue weighted by molar-refractivity contribution is 0.386. The van der Waals surface area contributed by atoms with E-state index in [9.17, 15) is 13.2 Å². The lowest BCUT2D eigenvalue weighted by Gasteiger charge is -2.25. The number of nitrogens with one attached hydrogen (secondary N) is 2. The number of hydrogen-bond acceptors (Lipinski definition) is 3. The minimum Gasteiger partial charge on any atom is -0.301 e. The third-order valence-corrected chi connectivity index (χ3v) is 4.96. The zero-order chi connectivity index (χ0) is 12.5. The monoisotopic (exact) mass is 259 g/mol. The summed E-state index contributed by atoms with van der Waals surface area (Å²) in [5.41, 5.74) is 1.25. The molecule has 1 aliphatic heterocycles. The molecule has 0 atom stereocenters. The molecule has 0 amide bonds. The summed E-state index contributed by atoms with van der Waals surface area (Å²) in [5.74, 6) is 0.188. The highest BCUT2D eigenvalue weighted by Crippen LogP contribution is 2.17. The van der Waals surface area contributed by atoms with Gasteiger partial charge >= 0.3 is 0 Å². The molecule has 0 saturated carbocycles. The van der Waals surface area contributed by atoms with Crippen LogP contribution in [0.5, 0.6) is 0 Å². The van der Waals surface area contributed by atoms with Crippen molar-refractivity contribution in [1.82, 2.24) is 14.5 Å². The fraction of sp³-hybridized carbons (Fsp3) is 0.700. The second kappa shape index (κ2) is 4.66. The number of unbranched alkanes of at least 4 members (excludes halogenated alkanes) is 1. The lowest BCUT2D eigenvalue weighted by Crippen LogP contribution is -2.38. The first-order chi connectivity index (χ1) is 8.04. The Labute approximate surface area is 100 Å². The zero-order valence-electron chi connectivity index (χ0n) is 9.82. The van der Waals surface area contributed by atoms with Crippen LogP contribution in [-0.2, 0) is 23.0 Å². The Morgan fingerprint density at radius 2 is 2.12 bits per heavy atom. The van der Waals surface area contributed by atoms with E-state index in [2.05, 4.69) is 10.2 Å². The van der Waals surface area contributed by atoms with Crippen LogP contribution >= 0.6 is 0 Å². The number of fused-ring (bicyclic) bond motifs is 1. The van der Waals surface area contributed by atoms with Crippen molar-refractivity contribution < 1.29 is 8.42 Å². The van der Waals surface area contributed by atoms with E-state index in [1.54, 1.807) is 0 Å². The topological polar surface area (TPSA) is 86.0 Å². The van der Waals surface area contributed by atoms with Crippen molar-refractivity contribution in [3.63, 3.8) is 0 Å². The molecule has 0 saturated heterocycles. The van der Waals surface area contributed by atoms with Gasteiger partial charge in [0.2, 0.25) is 10.0 Å². The third kappa shape index (κ3) is 2.44. The van der Waals surface area contributed by atoms with E-state index in [0.29, 0.717) is 30.6 Å². The van der Waals surface area contributed by atoms with Gasteiger partial charge in [0.25, 0.3) is 5.56 Å². The first kappa shape index (κ1) is 12.4. The van der Waals surface area contributed by atoms with Crippen LogP contribution in [0.2, 0.25) is 0 Å². The molecule has 2 N–H and O–H groups in total. The number of aromatic amines is 2. The Morgan fingerprint density at radius 3 is 2.82 bits per heavy atom. The second-order valence-corrected chi connectivity index (χ2v) is 6.38. The molecule has 0 unspecified atom stereocenters. The van der Waals surface area contributed by atoms with Crippen molar-refractivity contribution >= 4 is 10.0 Å². The van der Waals surface area contributed by atoms with Crippen LogP contribution in [-0.4, -0.2) is 35.2 Å². The first-order valence-corrected chi connectivity index (χ1v) is 7.41. The lowest BCUT2D eigenvalue weighted by atomic mass is 10.1. The van der Waals surface area contributed by atoms with Crippen LogP contribution in [0.4, 0.5) is 0 Å². The van der Waals surface area contributed by atoms with Crippen LogP contribution < -0.4 is 5.56 Å². The van der Waals surface area contributed by atoms with Crippen molar-refractivity contribution in [3.05, 3.63) is 21.6 Å². The fourth-order valence-electron chi connectivity index (χ4n) is 2.00. The minimum absolute atomic E-state index is 0.134. The average Bonchev–Trinajstić information content (AvgIpc) is 2.68. The van der Waals surface area contributed by atoms with Gasteiger partial charge in [0.05, 0.1) is 18.0 Å². The number of H-pyrrole nitrogens is 2. The molecule has 17 heavy (non-hydrogen) atoms. The van der Waals surface area contributed by atoms with Gasteiger partial charge in [-0.3, -0.25) is 9.89 Å². The molecule has 1 aliphatic rings. The first-order valence-electron chi connectivity index (χ1n) is 5.81. The molecule has 0 radical (unpaired) electrons. The smallest absolute Gasteiger partial charge is 0.267 e. The van der Waals surface area contributed by atoms with Crippen LogP contribution in [0.25, 0.3) is 0 Å². The van der Waals surface area contributed by atoms with Gasteiger partial charge in [0.15, 0.2) is 0 Å². The Balaban J connectivity index is 2.15. The van der Waals surface area contributed by atoms with E-state index < -0.39 is 10.0 Å². The number of nitrogens with zero attached hydrogens (tertiary/aromatic N) is 1. The number of aromatic nitrogens is 2. The summed E-state index contributed by atoms with van der Waals surface area (Å²) < 4.78 is 25.4. The SMILES string of the molecule is CCCCS(=O)(=O)N1CCc2c([nH][nH]c2=O)C1. The molecule has 7 heteroatoms. The van der Waals surface area contributed by atoms with Gasteiger partial charge in [0.1, 0.15) is 0 Å². The minimum atomic E-state index is -3.18. The molecular weight excluding hydrogens is 242 g/mol. The van der Waals surface area contributed by atoms with Crippen molar-refractivity contribution in [2.24, 2.45) is 0 Å². The van der Waals surface area contributed by atoms with Crippen LogP contribution in [0.3, 0.4) is 0 Å². The van der Waals surface area contributed by atoms with Gasteiger partial charge in [-0.15, -0.1) is 0 Å². The van der Waals surface area contributed by atoms with E-state index in [1.807, 2.05) is 6.92 Å². The summed E-state index contributed by atoms with van der Waals surface area (Å²) >= 11 is 0. The number of sulfonamides is 1. The Morgan fingerprint density at radius 1 is 1.35 bits per heavy atom. The maximum atomic E-state index is 12.0. The highest BCUT2D eigenvalue weighted by atomic mass is 32.2. The predicted molar refractivity (Wildman–Crippen MR) is 64.2 cm³/mol. The third-order valence-electron chi connectivity index (χ3n) is 3.06. The normalized spacial score (nSPS) is 17.0. The summed E-state index contributed by atoms with van der Waals surface area (Å²) in [6, 6.07) is 0. The highest BCUT2D eigenvalue weighted by molar-refractivity contribution is 7.89. The summed E-state index contributed by atoms with van der Waals surface area (Å²) in [6.45, 7) is 2.65. The van der Waals surface area contributed by atoms with E-state index in [-0.39, 0.29) is 17.9 Å². The van der Waals surface area contributed by atoms with Crippen molar-refractivity contribution in [2.75, 3.05) is 12.3 Å². The van der Waals surface area contributed by atoms with E-state index in [1.165, 1.54) is 4.31 Å². The molecule has 0 fully saturated rings. The van der Waals surface area contributed by atoms with E-state index >= 15 is 0 Å². The predicted octanol–water partition coefficient (Wildman–Crippen LogP) is 0.191. The molecule has 2 rings (SSSR count). The number of rotatable bonds is 4. The van der Waals surface area contributed by atoms with Gasteiger partial charge in [-0.2, -0.15) is 4.31 Å². The summed E-state index contributed by atoms with van der Waals surface area (Å²) in [4.78, 5) is 11.3. The van der Waals surface area contributed by atoms with Crippen LogP contribution in [0, 0.1) is 0 Å². The van der Waals surface area contributed by atoms with Crippen molar-refractivity contribution in [3.8, 4) is 0 Å². The molecule has 0 spiro atoms. The van der Waals surface area contributed by atoms with Gasteiger partial charge in [0, 0.05) is 12.1 Å². The fourth-order valence-corrected chi connectivity index (χ4v) is 3.61. The Kier molecular flexibility index (Phi) is 3.39. The summed E-state index contributed by atoms with van der Waals surface area (Å²) in [6.07, 6.45) is 2.02. The Bertz CT molecular complexity index is 543. The molecule has 1 aromatic heterocycles. The van der Waals surface area contributed by atoms with Gasteiger partial charge < -0.3 is 5.10 Å². The molecule has 6 nitrogen and oxygen atoms in total. The maximum Gasteiger partial charge on any atom is 0.267 e. The molecular formula is C10H17N3O3S. The van der Waals surface area contributed by atoms with E-state index in [0.717, 1.165) is 6.42 Å². The quantitative estimate of drug-likeness (QED) is 0.809. The Hall–Kier alpha value is -1.08. The largest absolute Gasteiger partial charge is 0.301 e. The zero-order valence-corrected chi connectivity index (χ0v) is 10.6. The van der Waals surface area contributed by atoms with Gasteiger partial charge in [-0.05, 0) is 12.8 Å². The summed E-state index contributed by atoms with van der Waals surface area (Å²) in [5, 5.41) is 5.23. The summed E-state index contributed by atoms with van der Waals surface area (Å²) in [7, 11) is -3.18. The second-order valence-electron chi connectivity index (χ2n) is 4.29. The van der Waals surface area contributed by atoms with Crippen molar-refractivity contribution in [2.45, 2.75) is 32.7 Å².